The number of nitrogens with zero attached hydrogens (tertiary/aromatic N) is 4. The van der Waals surface area contributed by atoms with Gasteiger partial charge in [-0.05, 0) is 70.0 Å². The number of anilines is 3. The second-order valence-electron chi connectivity index (χ2n) is 9.84. The Morgan fingerprint density at radius 2 is 1.67 bits per heavy atom. The minimum atomic E-state index is -0.654. The lowest BCUT2D eigenvalue weighted by Gasteiger charge is -2.34. The van der Waals surface area contributed by atoms with Gasteiger partial charge < -0.3 is 15.0 Å². The number of para-hydroxylation sites is 1. The third-order valence-corrected chi connectivity index (χ3v) is 5.93. The fraction of sp³-hybridized carbons (Fsp3) is 0.357. The van der Waals surface area contributed by atoms with Crippen molar-refractivity contribution >= 4 is 29.3 Å². The van der Waals surface area contributed by atoms with Crippen LogP contribution in [0.25, 0.3) is 0 Å². The molecule has 2 amide bonds. The average Bonchev–Trinajstić information content (AvgIpc) is 2.87. The summed E-state index contributed by atoms with van der Waals surface area (Å²) < 4.78 is 5.57. The highest BCUT2D eigenvalue weighted by atomic mass is 16.6. The van der Waals surface area contributed by atoms with E-state index in [1.54, 1.807) is 18.3 Å². The Morgan fingerprint density at radius 1 is 0.972 bits per heavy atom. The third kappa shape index (κ3) is 6.81. The van der Waals surface area contributed by atoms with Crippen LogP contribution in [0.5, 0.6) is 0 Å². The Kier molecular flexibility index (Phi) is 7.83. The smallest absolute Gasteiger partial charge is 0.415 e. The molecule has 1 aliphatic heterocycles. The van der Waals surface area contributed by atoms with Crippen molar-refractivity contribution in [3.63, 3.8) is 0 Å². The fourth-order valence-corrected chi connectivity index (χ4v) is 4.16. The summed E-state index contributed by atoms with van der Waals surface area (Å²) in [6, 6.07) is 20.8. The molecule has 0 atom stereocenters. The molecule has 1 saturated heterocycles. The molecule has 8 nitrogen and oxygen atoms in total. The number of ether oxygens (including phenoxy) is 1. The van der Waals surface area contributed by atoms with E-state index in [1.165, 1.54) is 4.90 Å². The van der Waals surface area contributed by atoms with E-state index in [0.717, 1.165) is 30.2 Å². The number of rotatable bonds is 6. The molecule has 8 heteroatoms. The first-order valence-corrected chi connectivity index (χ1v) is 12.3. The van der Waals surface area contributed by atoms with E-state index < -0.39 is 11.7 Å². The van der Waals surface area contributed by atoms with Gasteiger partial charge >= 0.3 is 6.09 Å². The number of carbonyl (C=O) groups excluding carboxylic acids is 2. The van der Waals surface area contributed by atoms with Gasteiger partial charge in [0, 0.05) is 36.6 Å². The number of hydrogen-bond acceptors (Lipinski definition) is 6. The molecule has 3 heterocycles. The Bertz CT molecular complexity index is 1160. The summed E-state index contributed by atoms with van der Waals surface area (Å²) in [5, 5.41) is 3.24. The summed E-state index contributed by atoms with van der Waals surface area (Å²) in [5.74, 6) is 1.66. The maximum atomic E-state index is 13.2. The number of pyridine rings is 2. The molecule has 4 rings (SSSR count). The van der Waals surface area contributed by atoms with E-state index >= 15 is 0 Å². The maximum absolute atomic E-state index is 13.2. The Labute approximate surface area is 212 Å². The van der Waals surface area contributed by atoms with Crippen LogP contribution in [0.3, 0.4) is 0 Å². The van der Waals surface area contributed by atoms with Gasteiger partial charge in [-0.15, -0.1) is 0 Å². The summed E-state index contributed by atoms with van der Waals surface area (Å²) in [5.41, 5.74) is 0.984. The number of amides is 2. The van der Waals surface area contributed by atoms with Crippen molar-refractivity contribution in [1.29, 1.82) is 0 Å². The van der Waals surface area contributed by atoms with E-state index in [0.29, 0.717) is 18.8 Å². The van der Waals surface area contributed by atoms with Gasteiger partial charge in [-0.2, -0.15) is 0 Å². The van der Waals surface area contributed by atoms with Gasteiger partial charge in [0.05, 0.1) is 0 Å². The number of hydrogen-bond donors (Lipinski definition) is 1. The second-order valence-corrected chi connectivity index (χ2v) is 9.84. The number of piperidine rings is 1. The Morgan fingerprint density at radius 3 is 2.33 bits per heavy atom. The first kappa shape index (κ1) is 25.2. The zero-order valence-corrected chi connectivity index (χ0v) is 21.1. The van der Waals surface area contributed by atoms with Crippen LogP contribution in [-0.2, 0) is 9.53 Å². The summed E-state index contributed by atoms with van der Waals surface area (Å²) in [6.07, 6.45) is 2.83. The summed E-state index contributed by atoms with van der Waals surface area (Å²) in [4.78, 5) is 38.4. The molecule has 0 saturated carbocycles. The van der Waals surface area contributed by atoms with Crippen LogP contribution in [0.4, 0.5) is 22.1 Å². The molecule has 188 valence electrons. The topological polar surface area (TPSA) is 87.7 Å². The monoisotopic (exact) mass is 487 g/mol. The largest absolute Gasteiger partial charge is 0.443 e. The van der Waals surface area contributed by atoms with Gasteiger partial charge in [0.2, 0.25) is 5.91 Å². The van der Waals surface area contributed by atoms with Crippen molar-refractivity contribution in [2.75, 3.05) is 29.9 Å². The standard InChI is InChI=1S/C28H33N5O3/c1-28(2,3)36-27(35)33(22-10-5-4-6-11-22)20-26(34)32-18-15-21(16-19-32)23-12-9-14-25(30-23)31-24-13-7-8-17-29-24/h4-14,17,21H,15-16,18-20H2,1-3H3,(H,29,30,31). The summed E-state index contributed by atoms with van der Waals surface area (Å²) >= 11 is 0. The lowest BCUT2D eigenvalue weighted by molar-refractivity contribution is -0.130. The van der Waals surface area contributed by atoms with Crippen molar-refractivity contribution < 1.29 is 14.3 Å². The lowest BCUT2D eigenvalue weighted by Crippen LogP contribution is -2.47. The summed E-state index contributed by atoms with van der Waals surface area (Å²) in [6.45, 7) is 6.60. The van der Waals surface area contributed by atoms with Crippen molar-refractivity contribution in [1.82, 2.24) is 14.9 Å². The van der Waals surface area contributed by atoms with Crippen LogP contribution in [0.1, 0.15) is 45.2 Å². The van der Waals surface area contributed by atoms with Gasteiger partial charge in [0.15, 0.2) is 0 Å². The molecule has 0 bridgehead atoms. The zero-order chi connectivity index (χ0) is 25.5. The second kappa shape index (κ2) is 11.2. The Hall–Kier alpha value is -3.94. The highest BCUT2D eigenvalue weighted by Crippen LogP contribution is 2.28. The fourth-order valence-electron chi connectivity index (χ4n) is 4.16. The molecule has 1 N–H and O–H groups in total. The number of nitrogens with one attached hydrogen (secondary N) is 1. The molecule has 1 aliphatic rings. The maximum Gasteiger partial charge on any atom is 0.415 e. The van der Waals surface area contributed by atoms with E-state index in [2.05, 4.69) is 10.3 Å². The molecular weight excluding hydrogens is 454 g/mol. The van der Waals surface area contributed by atoms with Gasteiger partial charge in [-0.25, -0.2) is 14.8 Å². The number of benzene rings is 1. The molecule has 3 aromatic rings. The third-order valence-electron chi connectivity index (χ3n) is 5.93. The van der Waals surface area contributed by atoms with Gasteiger partial charge in [-0.1, -0.05) is 30.3 Å². The van der Waals surface area contributed by atoms with Crippen LogP contribution >= 0.6 is 0 Å². The average molecular weight is 488 g/mol. The van der Waals surface area contributed by atoms with E-state index in [9.17, 15) is 9.59 Å². The summed E-state index contributed by atoms with van der Waals surface area (Å²) in [7, 11) is 0. The van der Waals surface area contributed by atoms with Gasteiger partial charge in [0.1, 0.15) is 23.8 Å². The lowest BCUT2D eigenvalue weighted by atomic mass is 9.93. The minimum Gasteiger partial charge on any atom is -0.443 e. The quantitative estimate of drug-likeness (QED) is 0.503. The molecule has 36 heavy (non-hydrogen) atoms. The molecule has 0 unspecified atom stereocenters. The predicted molar refractivity (Wildman–Crippen MR) is 140 cm³/mol. The molecule has 1 fully saturated rings. The van der Waals surface area contributed by atoms with Crippen LogP contribution in [-0.4, -0.2) is 52.1 Å². The Balaban J connectivity index is 1.37. The SMILES string of the molecule is CC(C)(C)OC(=O)N(CC(=O)N1CCC(c2cccc(Nc3ccccn3)n2)CC1)c1ccccc1. The predicted octanol–water partition coefficient (Wildman–Crippen LogP) is 5.37. The van der Waals surface area contributed by atoms with E-state index in [1.807, 2.05) is 80.3 Å². The highest BCUT2D eigenvalue weighted by Gasteiger charge is 2.29. The van der Waals surface area contributed by atoms with Crippen LogP contribution < -0.4 is 10.2 Å². The van der Waals surface area contributed by atoms with Crippen LogP contribution in [0.15, 0.2) is 72.9 Å². The highest BCUT2D eigenvalue weighted by molar-refractivity contribution is 5.95. The molecule has 1 aromatic carbocycles. The minimum absolute atomic E-state index is 0.0642. The van der Waals surface area contributed by atoms with Crippen molar-refractivity contribution in [3.05, 3.63) is 78.6 Å². The van der Waals surface area contributed by atoms with Crippen molar-refractivity contribution in [3.8, 4) is 0 Å². The van der Waals surface area contributed by atoms with Crippen molar-refractivity contribution in [2.24, 2.45) is 0 Å². The normalized spacial score (nSPS) is 14.2. The molecule has 2 aromatic heterocycles. The molecule has 0 aliphatic carbocycles. The first-order valence-electron chi connectivity index (χ1n) is 12.3. The molecule has 0 radical (unpaired) electrons. The number of carbonyl (C=O) groups is 2. The molecular formula is C28H33N5O3. The van der Waals surface area contributed by atoms with Crippen molar-refractivity contribution in [2.45, 2.75) is 45.1 Å². The van der Waals surface area contributed by atoms with Gasteiger partial charge in [-0.3, -0.25) is 9.69 Å². The number of aromatic nitrogens is 2. The van der Waals surface area contributed by atoms with E-state index in [4.69, 9.17) is 9.72 Å². The zero-order valence-electron chi connectivity index (χ0n) is 21.1. The number of likely N-dealkylation sites (tertiary alicyclic amines) is 1. The van der Waals surface area contributed by atoms with Crippen LogP contribution in [0, 0.1) is 0 Å². The molecule has 0 spiro atoms. The first-order chi connectivity index (χ1) is 17.3. The van der Waals surface area contributed by atoms with Crippen LogP contribution in [0.2, 0.25) is 0 Å². The van der Waals surface area contributed by atoms with Gasteiger partial charge in [0.25, 0.3) is 0 Å². The van der Waals surface area contributed by atoms with E-state index in [-0.39, 0.29) is 18.4 Å².